The van der Waals surface area contributed by atoms with Crippen LogP contribution in [-0.4, -0.2) is 12.0 Å². The zero-order valence-electron chi connectivity index (χ0n) is 8.37. The molecule has 3 nitrogen and oxygen atoms in total. The molecule has 0 aliphatic heterocycles. The second kappa shape index (κ2) is 2.96. The fraction of sp³-hybridized carbons (Fsp3) is 0.909. The van der Waals surface area contributed by atoms with Crippen molar-refractivity contribution in [1.29, 1.82) is 0 Å². The zero-order valence-corrected chi connectivity index (χ0v) is 8.37. The van der Waals surface area contributed by atoms with E-state index in [1.165, 1.54) is 38.5 Å². The third kappa shape index (κ3) is 1.26. The van der Waals surface area contributed by atoms with Crippen LogP contribution in [0.2, 0.25) is 0 Å². The first-order valence-electron chi connectivity index (χ1n) is 5.67. The SMILES string of the molecule is O=CNOC12CC3CC(CC(C3)C1)C2. The lowest BCUT2D eigenvalue weighted by atomic mass is 9.54. The highest BCUT2D eigenvalue weighted by Gasteiger charge is 2.52. The van der Waals surface area contributed by atoms with Crippen molar-refractivity contribution in [2.75, 3.05) is 0 Å². The molecule has 3 heteroatoms. The van der Waals surface area contributed by atoms with Gasteiger partial charge in [-0.3, -0.25) is 9.63 Å². The van der Waals surface area contributed by atoms with E-state index in [4.69, 9.17) is 4.84 Å². The molecule has 0 saturated heterocycles. The van der Waals surface area contributed by atoms with Crippen molar-refractivity contribution in [3.05, 3.63) is 0 Å². The van der Waals surface area contributed by atoms with Crippen LogP contribution in [-0.2, 0) is 9.63 Å². The lowest BCUT2D eigenvalue weighted by Crippen LogP contribution is -2.53. The van der Waals surface area contributed by atoms with E-state index in [1.54, 1.807) is 0 Å². The Bertz CT molecular complexity index is 216. The summed E-state index contributed by atoms with van der Waals surface area (Å²) in [6.45, 7) is 0. The molecule has 14 heavy (non-hydrogen) atoms. The molecule has 0 aromatic rings. The normalized spacial score (nSPS) is 49.3. The van der Waals surface area contributed by atoms with Crippen molar-refractivity contribution in [2.24, 2.45) is 17.8 Å². The molecule has 4 bridgehead atoms. The van der Waals surface area contributed by atoms with Crippen LogP contribution in [0.4, 0.5) is 0 Å². The van der Waals surface area contributed by atoms with E-state index >= 15 is 0 Å². The summed E-state index contributed by atoms with van der Waals surface area (Å²) in [5.74, 6) is 2.61. The average Bonchev–Trinajstić information content (AvgIpc) is 2.12. The monoisotopic (exact) mass is 195 g/mol. The highest BCUT2D eigenvalue weighted by Crippen LogP contribution is 2.56. The van der Waals surface area contributed by atoms with Crippen LogP contribution in [0.15, 0.2) is 0 Å². The Morgan fingerprint density at radius 3 is 2.00 bits per heavy atom. The lowest BCUT2D eigenvalue weighted by molar-refractivity contribution is -0.195. The molecule has 0 aromatic heterocycles. The van der Waals surface area contributed by atoms with Crippen LogP contribution in [0.25, 0.3) is 0 Å². The molecular formula is C11H17NO2. The van der Waals surface area contributed by atoms with Gasteiger partial charge in [-0.15, -0.1) is 0 Å². The molecule has 1 amide bonds. The Hall–Kier alpha value is -0.570. The third-order valence-corrected chi connectivity index (χ3v) is 4.31. The van der Waals surface area contributed by atoms with E-state index < -0.39 is 0 Å². The molecular weight excluding hydrogens is 178 g/mol. The van der Waals surface area contributed by atoms with E-state index in [-0.39, 0.29) is 5.60 Å². The van der Waals surface area contributed by atoms with Crippen LogP contribution in [0.5, 0.6) is 0 Å². The minimum atomic E-state index is 0.00958. The Balaban J connectivity index is 1.77. The molecule has 0 heterocycles. The molecule has 0 atom stereocenters. The first-order valence-corrected chi connectivity index (χ1v) is 5.67. The number of amides is 1. The molecule has 4 fully saturated rings. The van der Waals surface area contributed by atoms with Crippen LogP contribution < -0.4 is 5.48 Å². The van der Waals surface area contributed by atoms with Crippen molar-refractivity contribution in [3.63, 3.8) is 0 Å². The molecule has 0 unspecified atom stereocenters. The first kappa shape index (κ1) is 8.72. The van der Waals surface area contributed by atoms with Crippen molar-refractivity contribution >= 4 is 6.41 Å². The average molecular weight is 195 g/mol. The molecule has 0 radical (unpaired) electrons. The number of hydrogen-bond acceptors (Lipinski definition) is 2. The number of carbonyl (C=O) groups is 1. The first-order chi connectivity index (χ1) is 6.80. The van der Waals surface area contributed by atoms with Gasteiger partial charge in [0, 0.05) is 0 Å². The van der Waals surface area contributed by atoms with Crippen LogP contribution in [0.1, 0.15) is 38.5 Å². The van der Waals surface area contributed by atoms with Gasteiger partial charge < -0.3 is 0 Å². The summed E-state index contributed by atoms with van der Waals surface area (Å²) in [6.07, 6.45) is 8.37. The van der Waals surface area contributed by atoms with E-state index in [0.717, 1.165) is 17.8 Å². The van der Waals surface area contributed by atoms with Crippen LogP contribution in [0, 0.1) is 17.8 Å². The van der Waals surface area contributed by atoms with E-state index in [2.05, 4.69) is 5.48 Å². The van der Waals surface area contributed by atoms with Crippen LogP contribution in [0.3, 0.4) is 0 Å². The summed E-state index contributed by atoms with van der Waals surface area (Å²) in [4.78, 5) is 15.8. The molecule has 4 aliphatic carbocycles. The molecule has 78 valence electrons. The predicted molar refractivity (Wildman–Crippen MR) is 51.2 cm³/mol. The summed E-state index contributed by atoms with van der Waals surface area (Å²) in [5.41, 5.74) is 2.43. The second-order valence-electron chi connectivity index (χ2n) is 5.44. The quantitative estimate of drug-likeness (QED) is 0.549. The van der Waals surface area contributed by atoms with Gasteiger partial charge in [0.1, 0.15) is 0 Å². The van der Waals surface area contributed by atoms with E-state index in [1.807, 2.05) is 0 Å². The highest BCUT2D eigenvalue weighted by molar-refractivity contribution is 5.43. The molecule has 4 aliphatic rings. The number of carbonyl (C=O) groups excluding carboxylic acids is 1. The number of hydrogen-bond donors (Lipinski definition) is 1. The Labute approximate surface area is 84.2 Å². The summed E-state index contributed by atoms with van der Waals surface area (Å²) >= 11 is 0. The lowest BCUT2D eigenvalue weighted by Gasteiger charge is -2.55. The van der Waals surface area contributed by atoms with Crippen molar-refractivity contribution in [1.82, 2.24) is 5.48 Å². The maximum atomic E-state index is 10.3. The largest absolute Gasteiger partial charge is 0.277 e. The van der Waals surface area contributed by atoms with Gasteiger partial charge in [-0.1, -0.05) is 0 Å². The molecule has 0 aromatic carbocycles. The second-order valence-corrected chi connectivity index (χ2v) is 5.44. The number of hydroxylamine groups is 1. The summed E-state index contributed by atoms with van der Waals surface area (Å²) in [7, 11) is 0. The minimum absolute atomic E-state index is 0.00958. The van der Waals surface area contributed by atoms with Crippen molar-refractivity contribution in [2.45, 2.75) is 44.1 Å². The van der Waals surface area contributed by atoms with Gasteiger partial charge in [0.15, 0.2) is 0 Å². The van der Waals surface area contributed by atoms with E-state index in [0.29, 0.717) is 6.41 Å². The van der Waals surface area contributed by atoms with Gasteiger partial charge in [-0.2, -0.15) is 0 Å². The van der Waals surface area contributed by atoms with Crippen molar-refractivity contribution < 1.29 is 9.63 Å². The maximum absolute atomic E-state index is 10.3. The Kier molecular flexibility index (Phi) is 1.84. The third-order valence-electron chi connectivity index (χ3n) is 4.31. The van der Waals surface area contributed by atoms with Gasteiger partial charge in [0.2, 0.25) is 6.41 Å². The molecule has 1 N–H and O–H groups in total. The zero-order chi connectivity index (χ0) is 9.60. The maximum Gasteiger partial charge on any atom is 0.230 e. The minimum Gasteiger partial charge on any atom is -0.277 e. The van der Waals surface area contributed by atoms with Gasteiger partial charge >= 0.3 is 0 Å². The fourth-order valence-corrected chi connectivity index (χ4v) is 4.31. The standard InChI is InChI=1S/C11H17NO2/c13-7-12-14-11-4-8-1-9(5-11)3-10(2-8)6-11/h7-10H,1-6H2,(H,12,13). The molecule has 0 spiro atoms. The van der Waals surface area contributed by atoms with Gasteiger partial charge in [0.05, 0.1) is 5.60 Å². The van der Waals surface area contributed by atoms with Gasteiger partial charge in [-0.05, 0) is 56.3 Å². The summed E-state index contributed by atoms with van der Waals surface area (Å²) in [6, 6.07) is 0. The van der Waals surface area contributed by atoms with Crippen LogP contribution >= 0.6 is 0 Å². The predicted octanol–water partition coefficient (Wildman–Crippen LogP) is 1.63. The Morgan fingerprint density at radius 1 is 1.07 bits per heavy atom. The van der Waals surface area contributed by atoms with Gasteiger partial charge in [-0.25, -0.2) is 5.48 Å². The molecule has 4 rings (SSSR count). The smallest absolute Gasteiger partial charge is 0.230 e. The molecule has 4 saturated carbocycles. The van der Waals surface area contributed by atoms with Crippen molar-refractivity contribution in [3.8, 4) is 0 Å². The highest BCUT2D eigenvalue weighted by atomic mass is 16.7. The van der Waals surface area contributed by atoms with Gasteiger partial charge in [0.25, 0.3) is 0 Å². The Morgan fingerprint density at radius 2 is 1.57 bits per heavy atom. The summed E-state index contributed by atoms with van der Waals surface area (Å²) < 4.78 is 0. The van der Waals surface area contributed by atoms with E-state index in [9.17, 15) is 4.79 Å². The number of rotatable bonds is 3. The summed E-state index contributed by atoms with van der Waals surface area (Å²) in [5, 5.41) is 0. The topological polar surface area (TPSA) is 38.3 Å². The fourth-order valence-electron chi connectivity index (χ4n) is 4.31. The number of nitrogens with one attached hydrogen (secondary N) is 1.